The second-order valence-electron chi connectivity index (χ2n) is 17.6. The van der Waals surface area contributed by atoms with Crippen LogP contribution in [0, 0.1) is 0 Å². The first-order valence-electron chi connectivity index (χ1n) is 21.2. The number of aromatic nitrogens is 2. The van der Waals surface area contributed by atoms with Gasteiger partial charge in [-0.2, -0.15) is 0 Å². The van der Waals surface area contributed by atoms with Gasteiger partial charge >= 0.3 is 0 Å². The zero-order valence-electron chi connectivity index (χ0n) is 33.4. The summed E-state index contributed by atoms with van der Waals surface area (Å²) in [4.78, 5) is 0. The molecule has 0 amide bonds. The van der Waals surface area contributed by atoms with E-state index in [0.717, 1.165) is 0 Å². The van der Waals surface area contributed by atoms with Gasteiger partial charge in [0.05, 0.1) is 16.7 Å². The third-order valence-corrected chi connectivity index (χ3v) is 14.3. The maximum Gasteiger partial charge on any atom is 0.253 e. The number of fused-ring (bicyclic) bond motifs is 12. The fourth-order valence-corrected chi connectivity index (χ4v) is 11.8. The van der Waals surface area contributed by atoms with E-state index in [1.54, 1.807) is 0 Å². The Kier molecular flexibility index (Phi) is 6.21. The largest absolute Gasteiger partial charge is 0.310 e. The van der Waals surface area contributed by atoms with E-state index in [0.29, 0.717) is 0 Å². The summed E-state index contributed by atoms with van der Waals surface area (Å²) in [5, 5.41) is 6.51. The first-order valence-corrected chi connectivity index (χ1v) is 21.2. The van der Waals surface area contributed by atoms with Gasteiger partial charge in [0.1, 0.15) is 0 Å². The lowest BCUT2D eigenvalue weighted by Gasteiger charge is -2.35. The molecule has 14 rings (SSSR count). The number of para-hydroxylation sites is 1. The molecule has 1 aliphatic carbocycles. The Hall–Kier alpha value is -7.36. The maximum atomic E-state index is 2.66. The van der Waals surface area contributed by atoms with E-state index >= 15 is 0 Å². The second-order valence-corrected chi connectivity index (χ2v) is 17.6. The third kappa shape index (κ3) is 4.00. The average molecular weight is 761 g/mol. The first-order chi connectivity index (χ1) is 29.6. The minimum Gasteiger partial charge on any atom is -0.310 e. The van der Waals surface area contributed by atoms with Crippen molar-refractivity contribution in [1.82, 2.24) is 9.13 Å². The first kappa shape index (κ1) is 32.6. The van der Waals surface area contributed by atoms with Gasteiger partial charge in [0.25, 0.3) is 6.71 Å². The van der Waals surface area contributed by atoms with Gasteiger partial charge in [-0.1, -0.05) is 172 Å². The van der Waals surface area contributed by atoms with Gasteiger partial charge in [0, 0.05) is 44.0 Å². The van der Waals surface area contributed by atoms with E-state index in [9.17, 15) is 0 Å². The molecule has 11 aromatic rings. The van der Waals surface area contributed by atoms with Crippen molar-refractivity contribution in [2.45, 2.75) is 19.3 Å². The molecule has 2 aliphatic heterocycles. The Morgan fingerprint density at radius 1 is 0.417 bits per heavy atom. The highest BCUT2D eigenvalue weighted by atomic mass is 15.0. The molecule has 0 fully saturated rings. The normalized spacial score (nSPS) is 13.9. The smallest absolute Gasteiger partial charge is 0.253 e. The molecule has 0 unspecified atom stereocenters. The van der Waals surface area contributed by atoms with E-state index in [2.05, 4.69) is 211 Å². The number of benzene rings is 9. The van der Waals surface area contributed by atoms with Crippen LogP contribution in [0.1, 0.15) is 25.0 Å². The van der Waals surface area contributed by atoms with E-state index in [-0.39, 0.29) is 12.1 Å². The average Bonchev–Trinajstić information content (AvgIpc) is 3.90. The Balaban J connectivity index is 1.22. The molecule has 3 aliphatic rings. The molecule has 278 valence electrons. The summed E-state index contributed by atoms with van der Waals surface area (Å²) in [6.45, 7) is 4.82. The summed E-state index contributed by atoms with van der Waals surface area (Å²) in [7, 11) is 0. The van der Waals surface area contributed by atoms with Crippen LogP contribution in [0.4, 0.5) is 0 Å². The van der Waals surface area contributed by atoms with E-state index < -0.39 is 0 Å². The van der Waals surface area contributed by atoms with Crippen LogP contribution in [0.25, 0.3) is 99.5 Å². The van der Waals surface area contributed by atoms with Crippen LogP contribution in [0.5, 0.6) is 0 Å². The minimum absolute atomic E-state index is 0.0209. The SMILES string of the molecule is CC1(C)c2ccccc2-c2cc3c4cccc5c4n(c3cc21)-c1cc(-c2ccccc2)cc2c1B5c1c3ccccc3cc3c(-c4ccccc4)c(-c4ccccc4)n-2c13. The van der Waals surface area contributed by atoms with Crippen molar-refractivity contribution < 1.29 is 0 Å². The monoisotopic (exact) mass is 760 g/mol. The summed E-state index contributed by atoms with van der Waals surface area (Å²) in [5.74, 6) is 0. The molecule has 60 heavy (non-hydrogen) atoms. The van der Waals surface area contributed by atoms with E-state index in [1.165, 1.54) is 127 Å². The second kappa shape index (κ2) is 11.4. The van der Waals surface area contributed by atoms with Crippen LogP contribution in [0.3, 0.4) is 0 Å². The van der Waals surface area contributed by atoms with Crippen molar-refractivity contribution in [3.05, 3.63) is 199 Å². The van der Waals surface area contributed by atoms with Gasteiger partial charge in [-0.25, -0.2) is 0 Å². The highest BCUT2D eigenvalue weighted by Crippen LogP contribution is 2.52. The topological polar surface area (TPSA) is 9.86 Å². The quantitative estimate of drug-likeness (QED) is 0.159. The van der Waals surface area contributed by atoms with E-state index in [1.807, 2.05) is 0 Å². The molecule has 0 saturated heterocycles. The zero-order valence-corrected chi connectivity index (χ0v) is 33.4. The van der Waals surface area contributed by atoms with Crippen molar-refractivity contribution in [3.8, 4) is 56.0 Å². The molecule has 0 atom stereocenters. The van der Waals surface area contributed by atoms with Gasteiger partial charge in [-0.05, 0) is 102 Å². The van der Waals surface area contributed by atoms with Crippen LogP contribution in [0.2, 0.25) is 0 Å². The summed E-state index contributed by atoms with van der Waals surface area (Å²) >= 11 is 0. The fraction of sp³-hybridized carbons (Fsp3) is 0.0526. The summed E-state index contributed by atoms with van der Waals surface area (Å²) in [6, 6.07) is 70.9. The lowest BCUT2D eigenvalue weighted by Crippen LogP contribution is -2.59. The van der Waals surface area contributed by atoms with Gasteiger partial charge < -0.3 is 9.13 Å². The van der Waals surface area contributed by atoms with Crippen LogP contribution < -0.4 is 16.4 Å². The van der Waals surface area contributed by atoms with Crippen LogP contribution in [-0.2, 0) is 5.41 Å². The lowest BCUT2D eigenvalue weighted by atomic mass is 9.33. The van der Waals surface area contributed by atoms with E-state index in [4.69, 9.17) is 0 Å². The summed E-state index contributed by atoms with van der Waals surface area (Å²) < 4.78 is 5.31. The third-order valence-electron chi connectivity index (χ3n) is 14.3. The fourth-order valence-electron chi connectivity index (χ4n) is 11.8. The molecular weight excluding hydrogens is 723 g/mol. The highest BCUT2D eigenvalue weighted by Gasteiger charge is 2.44. The van der Waals surface area contributed by atoms with Gasteiger partial charge in [-0.3, -0.25) is 0 Å². The number of hydrogen-bond donors (Lipinski definition) is 0. The summed E-state index contributed by atoms with van der Waals surface area (Å²) in [6.07, 6.45) is 0. The molecule has 0 saturated carbocycles. The highest BCUT2D eigenvalue weighted by molar-refractivity contribution is 7.01. The van der Waals surface area contributed by atoms with Gasteiger partial charge in [0.2, 0.25) is 0 Å². The Labute approximate surface area is 348 Å². The molecule has 2 nitrogen and oxygen atoms in total. The molecule has 0 spiro atoms. The van der Waals surface area contributed by atoms with Crippen molar-refractivity contribution in [3.63, 3.8) is 0 Å². The Bertz CT molecular complexity index is 3670. The maximum absolute atomic E-state index is 2.66. The molecule has 4 heterocycles. The molecule has 0 radical (unpaired) electrons. The predicted octanol–water partition coefficient (Wildman–Crippen LogP) is 12.3. The molecule has 0 bridgehead atoms. The molecule has 0 N–H and O–H groups in total. The number of rotatable bonds is 3. The number of hydrogen-bond acceptors (Lipinski definition) is 0. The van der Waals surface area contributed by atoms with Crippen LogP contribution >= 0.6 is 0 Å². The molecule has 9 aromatic carbocycles. The minimum atomic E-state index is -0.116. The lowest BCUT2D eigenvalue weighted by molar-refractivity contribution is 0.661. The van der Waals surface area contributed by atoms with Crippen molar-refractivity contribution >= 4 is 66.6 Å². The standard InChI is InChI=1S/C57H37BN2/c1-57(2)45-27-15-14-25-40(45)42-32-43-41-26-16-28-47-55(41)59(48(43)33-46(42)57)49-30-38(34-17-6-3-7-18-34)31-50-53(49)58(47)52-39-24-13-12-23-37(39)29-44-51(35-19-8-4-9-20-35)54(60(50)56(44)52)36-21-10-5-11-22-36/h3-33H,1-2H3. The van der Waals surface area contributed by atoms with Crippen molar-refractivity contribution in [2.24, 2.45) is 0 Å². The zero-order chi connectivity index (χ0) is 39.4. The predicted molar refractivity (Wildman–Crippen MR) is 254 cm³/mol. The van der Waals surface area contributed by atoms with Gasteiger partial charge in [-0.15, -0.1) is 0 Å². The Morgan fingerprint density at radius 2 is 1.07 bits per heavy atom. The molecule has 3 heteroatoms. The van der Waals surface area contributed by atoms with Crippen molar-refractivity contribution in [1.29, 1.82) is 0 Å². The molecular formula is C57H37BN2. The van der Waals surface area contributed by atoms with Gasteiger partial charge in [0.15, 0.2) is 0 Å². The van der Waals surface area contributed by atoms with Crippen LogP contribution in [0.15, 0.2) is 188 Å². The summed E-state index contributed by atoms with van der Waals surface area (Å²) in [5.41, 5.74) is 23.4. The van der Waals surface area contributed by atoms with Crippen LogP contribution in [-0.4, -0.2) is 15.8 Å². The Morgan fingerprint density at radius 3 is 1.85 bits per heavy atom. The van der Waals surface area contributed by atoms with Crippen molar-refractivity contribution in [2.75, 3.05) is 0 Å². The molecule has 2 aromatic heterocycles. The number of nitrogens with zero attached hydrogens (tertiary/aromatic N) is 2.